The van der Waals surface area contributed by atoms with Gasteiger partial charge in [0, 0.05) is 13.7 Å². The summed E-state index contributed by atoms with van der Waals surface area (Å²) in [6.45, 7) is 4.61. The molecule has 0 aliphatic carbocycles. The van der Waals surface area contributed by atoms with Gasteiger partial charge >= 0.3 is 5.97 Å². The van der Waals surface area contributed by atoms with Crippen LogP contribution in [0.2, 0.25) is 0 Å². The molecule has 0 saturated heterocycles. The average Bonchev–Trinajstić information content (AvgIpc) is 2.34. The number of nitrogens with two attached hydrogens (primary N) is 1. The Morgan fingerprint density at radius 1 is 1.33 bits per heavy atom. The van der Waals surface area contributed by atoms with Gasteiger partial charge in [0.1, 0.15) is 6.54 Å². The van der Waals surface area contributed by atoms with Crippen molar-refractivity contribution >= 4 is 11.9 Å². The van der Waals surface area contributed by atoms with Crippen LogP contribution in [0.4, 0.5) is 0 Å². The van der Waals surface area contributed by atoms with Crippen molar-refractivity contribution < 1.29 is 19.1 Å². The number of nitrogens with zero attached hydrogens (tertiary/aromatic N) is 1. The molecular formula is C12H24N2O4. The van der Waals surface area contributed by atoms with Gasteiger partial charge in [0.2, 0.25) is 5.91 Å². The van der Waals surface area contributed by atoms with Crippen LogP contribution in [0.15, 0.2) is 0 Å². The number of hydrogen-bond acceptors (Lipinski definition) is 5. The molecule has 0 aliphatic rings. The highest BCUT2D eigenvalue weighted by Crippen LogP contribution is 2.01. The van der Waals surface area contributed by atoms with Gasteiger partial charge in [-0.2, -0.15) is 0 Å². The van der Waals surface area contributed by atoms with E-state index in [4.69, 9.17) is 15.2 Å². The fourth-order valence-electron chi connectivity index (χ4n) is 1.50. The summed E-state index contributed by atoms with van der Waals surface area (Å²) in [5.74, 6) is -0.660. The van der Waals surface area contributed by atoms with Crippen LogP contribution >= 0.6 is 0 Å². The summed E-state index contributed by atoms with van der Waals surface area (Å²) < 4.78 is 9.74. The highest BCUT2D eigenvalue weighted by atomic mass is 16.5. The third-order valence-corrected chi connectivity index (χ3v) is 2.42. The highest BCUT2D eigenvalue weighted by molar-refractivity contribution is 5.85. The Morgan fingerprint density at radius 2 is 2.00 bits per heavy atom. The zero-order valence-electron chi connectivity index (χ0n) is 11.5. The molecule has 0 aromatic carbocycles. The Labute approximate surface area is 108 Å². The van der Waals surface area contributed by atoms with Crippen molar-refractivity contribution in [2.24, 2.45) is 5.73 Å². The van der Waals surface area contributed by atoms with Gasteiger partial charge in [-0.1, -0.05) is 13.3 Å². The number of rotatable bonds is 9. The van der Waals surface area contributed by atoms with Gasteiger partial charge in [-0.05, 0) is 13.3 Å². The second-order valence-electron chi connectivity index (χ2n) is 3.95. The molecule has 1 atom stereocenters. The molecule has 0 fully saturated rings. The van der Waals surface area contributed by atoms with E-state index < -0.39 is 12.0 Å². The highest BCUT2D eigenvalue weighted by Gasteiger charge is 2.22. The van der Waals surface area contributed by atoms with Gasteiger partial charge in [0.05, 0.1) is 19.3 Å². The Kier molecular flexibility index (Phi) is 9.22. The number of hydrogen-bond donors (Lipinski definition) is 1. The van der Waals surface area contributed by atoms with Gasteiger partial charge in [-0.25, -0.2) is 0 Å². The SMILES string of the molecule is CCC[C@H](N)C(=O)N(CCOC)CC(=O)OCC. The number of carbonyl (C=O) groups excluding carboxylic acids is 2. The minimum absolute atomic E-state index is 0.0759. The lowest BCUT2D eigenvalue weighted by molar-refractivity contribution is -0.149. The van der Waals surface area contributed by atoms with Crippen molar-refractivity contribution in [3.63, 3.8) is 0 Å². The van der Waals surface area contributed by atoms with Crippen LogP contribution in [0.25, 0.3) is 0 Å². The first kappa shape index (κ1) is 16.9. The van der Waals surface area contributed by atoms with Crippen LogP contribution in [-0.4, -0.2) is 56.2 Å². The fraction of sp³-hybridized carbons (Fsp3) is 0.833. The molecule has 0 radical (unpaired) electrons. The minimum atomic E-state index is -0.568. The van der Waals surface area contributed by atoms with Gasteiger partial charge in [-0.15, -0.1) is 0 Å². The third kappa shape index (κ3) is 6.56. The molecule has 18 heavy (non-hydrogen) atoms. The first-order valence-electron chi connectivity index (χ1n) is 6.25. The van der Waals surface area contributed by atoms with E-state index in [-0.39, 0.29) is 12.5 Å². The number of esters is 1. The fourth-order valence-corrected chi connectivity index (χ4v) is 1.50. The maximum atomic E-state index is 12.0. The molecule has 0 aliphatic heterocycles. The summed E-state index contributed by atoms with van der Waals surface area (Å²) in [6, 6.07) is -0.568. The summed E-state index contributed by atoms with van der Waals surface area (Å²) in [6.07, 6.45) is 1.43. The van der Waals surface area contributed by atoms with E-state index in [1.54, 1.807) is 14.0 Å². The molecule has 106 valence electrons. The Balaban J connectivity index is 4.45. The average molecular weight is 260 g/mol. The second kappa shape index (κ2) is 9.85. The van der Waals surface area contributed by atoms with Crippen molar-refractivity contribution in [2.45, 2.75) is 32.7 Å². The van der Waals surface area contributed by atoms with Crippen molar-refractivity contribution in [2.75, 3.05) is 33.4 Å². The standard InChI is InChI=1S/C12H24N2O4/c1-4-6-10(13)12(16)14(7-8-17-3)9-11(15)18-5-2/h10H,4-9,13H2,1-3H3/t10-/m0/s1. The molecule has 0 bridgehead atoms. The van der Waals surface area contributed by atoms with E-state index in [2.05, 4.69) is 0 Å². The summed E-state index contributed by atoms with van der Waals surface area (Å²) in [5, 5.41) is 0. The largest absolute Gasteiger partial charge is 0.465 e. The molecule has 0 unspecified atom stereocenters. The lowest BCUT2D eigenvalue weighted by Gasteiger charge is -2.24. The van der Waals surface area contributed by atoms with E-state index in [1.165, 1.54) is 4.90 Å². The molecule has 1 amide bonds. The van der Waals surface area contributed by atoms with Crippen molar-refractivity contribution in [3.05, 3.63) is 0 Å². The Bertz CT molecular complexity index is 258. The second-order valence-corrected chi connectivity index (χ2v) is 3.95. The maximum Gasteiger partial charge on any atom is 0.325 e. The summed E-state index contributed by atoms with van der Waals surface area (Å²) in [7, 11) is 1.54. The van der Waals surface area contributed by atoms with Crippen LogP contribution in [0.5, 0.6) is 0 Å². The summed E-state index contributed by atoms with van der Waals surface area (Å²) in [4.78, 5) is 24.8. The lowest BCUT2D eigenvalue weighted by atomic mass is 10.1. The Morgan fingerprint density at radius 3 is 2.50 bits per heavy atom. The quantitative estimate of drug-likeness (QED) is 0.597. The maximum absolute atomic E-state index is 12.0. The molecule has 0 rings (SSSR count). The van der Waals surface area contributed by atoms with E-state index in [1.807, 2.05) is 6.92 Å². The molecule has 0 heterocycles. The van der Waals surface area contributed by atoms with E-state index >= 15 is 0 Å². The zero-order valence-corrected chi connectivity index (χ0v) is 11.5. The molecular weight excluding hydrogens is 236 g/mol. The van der Waals surface area contributed by atoms with Gasteiger partial charge in [0.25, 0.3) is 0 Å². The van der Waals surface area contributed by atoms with E-state index in [0.29, 0.717) is 26.2 Å². The molecule has 0 aromatic heterocycles. The van der Waals surface area contributed by atoms with Crippen molar-refractivity contribution in [1.82, 2.24) is 4.90 Å². The molecule has 0 aromatic rings. The van der Waals surface area contributed by atoms with E-state index in [0.717, 1.165) is 6.42 Å². The zero-order chi connectivity index (χ0) is 14.0. The molecule has 6 nitrogen and oxygen atoms in total. The molecule has 2 N–H and O–H groups in total. The summed E-state index contributed by atoms with van der Waals surface area (Å²) >= 11 is 0. The third-order valence-electron chi connectivity index (χ3n) is 2.42. The summed E-state index contributed by atoms with van der Waals surface area (Å²) in [5.41, 5.74) is 5.77. The van der Waals surface area contributed by atoms with Gasteiger partial charge in [-0.3, -0.25) is 9.59 Å². The molecule has 0 saturated carbocycles. The van der Waals surface area contributed by atoms with Crippen LogP contribution in [-0.2, 0) is 19.1 Å². The smallest absolute Gasteiger partial charge is 0.325 e. The van der Waals surface area contributed by atoms with Crippen LogP contribution in [0, 0.1) is 0 Å². The lowest BCUT2D eigenvalue weighted by Crippen LogP contribution is -2.47. The predicted octanol–water partition coefficient (Wildman–Crippen LogP) is 0.152. The molecule has 6 heteroatoms. The number of amides is 1. The molecule has 0 spiro atoms. The number of ether oxygens (including phenoxy) is 2. The van der Waals surface area contributed by atoms with Crippen LogP contribution in [0.1, 0.15) is 26.7 Å². The predicted molar refractivity (Wildman–Crippen MR) is 68.0 cm³/mol. The van der Waals surface area contributed by atoms with Gasteiger partial charge in [0.15, 0.2) is 0 Å². The van der Waals surface area contributed by atoms with Crippen LogP contribution < -0.4 is 5.73 Å². The van der Waals surface area contributed by atoms with E-state index in [9.17, 15) is 9.59 Å². The monoisotopic (exact) mass is 260 g/mol. The van der Waals surface area contributed by atoms with Gasteiger partial charge < -0.3 is 20.1 Å². The van der Waals surface area contributed by atoms with Crippen LogP contribution in [0.3, 0.4) is 0 Å². The van der Waals surface area contributed by atoms with Crippen molar-refractivity contribution in [3.8, 4) is 0 Å². The van der Waals surface area contributed by atoms with Crippen molar-refractivity contribution in [1.29, 1.82) is 0 Å². The first-order chi connectivity index (χ1) is 8.56. The Hall–Kier alpha value is -1.14. The number of methoxy groups -OCH3 is 1. The number of carbonyl (C=O) groups is 2. The first-order valence-corrected chi connectivity index (χ1v) is 6.25. The minimum Gasteiger partial charge on any atom is -0.465 e. The normalized spacial score (nSPS) is 12.0. The topological polar surface area (TPSA) is 81.9 Å².